The zero-order valence-corrected chi connectivity index (χ0v) is 11.8. The first kappa shape index (κ1) is 14.7. The number of hydrogen-bond acceptors (Lipinski definition) is 3. The van der Waals surface area contributed by atoms with Gasteiger partial charge in [-0.1, -0.05) is 28.9 Å². The lowest BCUT2D eigenvalue weighted by atomic mass is 10.1. The van der Waals surface area contributed by atoms with Gasteiger partial charge in [0.2, 0.25) is 0 Å². The number of benzene rings is 1. The summed E-state index contributed by atoms with van der Waals surface area (Å²) in [5.74, 6) is -0.931. The minimum Gasteiger partial charge on any atom is -0.478 e. The molecule has 0 atom stereocenters. The second-order valence-electron chi connectivity index (χ2n) is 3.89. The van der Waals surface area contributed by atoms with Gasteiger partial charge < -0.3 is 5.11 Å². The normalized spacial score (nSPS) is 10.3. The molecule has 96 valence electrons. The predicted octanol–water partition coefficient (Wildman–Crippen LogP) is 2.88. The minimum atomic E-state index is -0.931. The summed E-state index contributed by atoms with van der Waals surface area (Å²) in [6, 6.07) is 7.14. The molecule has 1 N–H and O–H groups in total. The van der Waals surface area contributed by atoms with Gasteiger partial charge in [0.25, 0.3) is 0 Å². The summed E-state index contributed by atoms with van der Waals surface area (Å²) in [5.41, 5.74) is 1.30. The van der Waals surface area contributed by atoms with Crippen LogP contribution in [0.25, 0.3) is 0 Å². The van der Waals surface area contributed by atoms with Crippen LogP contribution in [0.5, 0.6) is 0 Å². The molecule has 18 heavy (non-hydrogen) atoms. The fourth-order valence-corrected chi connectivity index (χ4v) is 2.11. The molecule has 0 amide bonds. The Labute approximate surface area is 115 Å². The first-order chi connectivity index (χ1) is 8.58. The molecule has 0 unspecified atom stereocenters. The van der Waals surface area contributed by atoms with E-state index in [4.69, 9.17) is 10.4 Å². The highest BCUT2D eigenvalue weighted by molar-refractivity contribution is 9.10. The standard InChI is InChI=1S/C13H15BrN2O2/c1-2-16(7-3-6-15)9-11-5-4-10(13(17)18)8-12(11)14/h4-5,8H,2-3,7,9H2,1H3,(H,17,18). The minimum absolute atomic E-state index is 0.269. The molecule has 1 rings (SSSR count). The summed E-state index contributed by atoms with van der Waals surface area (Å²) in [6.45, 7) is 4.32. The molecular formula is C13H15BrN2O2. The van der Waals surface area contributed by atoms with Crippen molar-refractivity contribution in [2.45, 2.75) is 19.9 Å². The fraction of sp³-hybridized carbons (Fsp3) is 0.385. The zero-order valence-electron chi connectivity index (χ0n) is 10.2. The summed E-state index contributed by atoms with van der Waals surface area (Å²) in [4.78, 5) is 13.0. The number of aromatic carboxylic acids is 1. The molecule has 0 heterocycles. The van der Waals surface area contributed by atoms with Gasteiger partial charge in [-0.05, 0) is 24.2 Å². The molecule has 0 fully saturated rings. The van der Waals surface area contributed by atoms with E-state index in [1.165, 1.54) is 0 Å². The summed E-state index contributed by atoms with van der Waals surface area (Å²) < 4.78 is 0.790. The Morgan fingerprint density at radius 3 is 2.78 bits per heavy atom. The lowest BCUT2D eigenvalue weighted by molar-refractivity contribution is 0.0697. The van der Waals surface area contributed by atoms with Crippen LogP contribution in [0.4, 0.5) is 0 Å². The highest BCUT2D eigenvalue weighted by Crippen LogP contribution is 2.20. The first-order valence-corrected chi connectivity index (χ1v) is 6.48. The molecular weight excluding hydrogens is 296 g/mol. The Morgan fingerprint density at radius 1 is 1.56 bits per heavy atom. The lowest BCUT2D eigenvalue weighted by Gasteiger charge is -2.19. The van der Waals surface area contributed by atoms with Crippen LogP contribution in [-0.4, -0.2) is 29.1 Å². The second kappa shape index (κ2) is 7.14. The van der Waals surface area contributed by atoms with E-state index in [0.717, 1.165) is 23.1 Å². The molecule has 4 nitrogen and oxygen atoms in total. The van der Waals surface area contributed by atoms with E-state index in [0.29, 0.717) is 13.0 Å². The number of rotatable bonds is 6. The van der Waals surface area contributed by atoms with Crippen LogP contribution in [0.3, 0.4) is 0 Å². The van der Waals surface area contributed by atoms with Crippen LogP contribution in [0.2, 0.25) is 0 Å². The van der Waals surface area contributed by atoms with Gasteiger partial charge >= 0.3 is 5.97 Å². The van der Waals surface area contributed by atoms with Crippen LogP contribution in [0.1, 0.15) is 29.3 Å². The number of hydrogen-bond donors (Lipinski definition) is 1. The van der Waals surface area contributed by atoms with E-state index in [1.807, 2.05) is 13.0 Å². The van der Waals surface area contributed by atoms with E-state index in [2.05, 4.69) is 26.9 Å². The van der Waals surface area contributed by atoms with Gasteiger partial charge in [-0.2, -0.15) is 5.26 Å². The highest BCUT2D eigenvalue weighted by atomic mass is 79.9. The average Bonchev–Trinajstić information content (AvgIpc) is 2.35. The molecule has 1 aromatic rings. The van der Waals surface area contributed by atoms with Gasteiger partial charge in [0.05, 0.1) is 11.6 Å². The number of carbonyl (C=O) groups is 1. The van der Waals surface area contributed by atoms with Gasteiger partial charge in [-0.25, -0.2) is 4.79 Å². The van der Waals surface area contributed by atoms with Gasteiger partial charge in [-0.3, -0.25) is 4.90 Å². The maximum Gasteiger partial charge on any atom is 0.335 e. The molecule has 0 saturated heterocycles. The van der Waals surface area contributed by atoms with Crippen LogP contribution in [0.15, 0.2) is 22.7 Å². The van der Waals surface area contributed by atoms with E-state index in [1.54, 1.807) is 12.1 Å². The smallest absolute Gasteiger partial charge is 0.335 e. The van der Waals surface area contributed by atoms with Crippen molar-refractivity contribution in [1.82, 2.24) is 4.90 Å². The molecule has 5 heteroatoms. The molecule has 0 aliphatic heterocycles. The van der Waals surface area contributed by atoms with Crippen molar-refractivity contribution < 1.29 is 9.90 Å². The predicted molar refractivity (Wildman–Crippen MR) is 72.3 cm³/mol. The van der Waals surface area contributed by atoms with Gasteiger partial charge in [0, 0.05) is 24.0 Å². The second-order valence-corrected chi connectivity index (χ2v) is 4.74. The maximum atomic E-state index is 10.8. The molecule has 1 aromatic carbocycles. The van der Waals surface area contributed by atoms with Crippen molar-refractivity contribution in [3.63, 3.8) is 0 Å². The van der Waals surface area contributed by atoms with Gasteiger partial charge in [0.1, 0.15) is 0 Å². The van der Waals surface area contributed by atoms with E-state index in [-0.39, 0.29) is 5.56 Å². The van der Waals surface area contributed by atoms with Crippen molar-refractivity contribution >= 4 is 21.9 Å². The maximum absolute atomic E-state index is 10.8. The van der Waals surface area contributed by atoms with Crippen LogP contribution in [-0.2, 0) is 6.54 Å². The topological polar surface area (TPSA) is 64.3 Å². The molecule has 0 aliphatic carbocycles. The summed E-state index contributed by atoms with van der Waals surface area (Å²) in [5, 5.41) is 17.5. The van der Waals surface area contributed by atoms with E-state index in [9.17, 15) is 4.79 Å². The summed E-state index contributed by atoms with van der Waals surface area (Å²) in [6.07, 6.45) is 0.499. The molecule has 0 aliphatic rings. The quantitative estimate of drug-likeness (QED) is 0.877. The Bertz CT molecular complexity index is 469. The van der Waals surface area contributed by atoms with Crippen molar-refractivity contribution in [2.24, 2.45) is 0 Å². The number of carboxylic acid groups (broad SMARTS) is 1. The van der Waals surface area contributed by atoms with Crippen LogP contribution in [0, 0.1) is 11.3 Å². The van der Waals surface area contributed by atoms with Crippen molar-refractivity contribution in [3.8, 4) is 6.07 Å². The van der Waals surface area contributed by atoms with E-state index < -0.39 is 5.97 Å². The molecule has 0 saturated carbocycles. The molecule has 0 radical (unpaired) electrons. The monoisotopic (exact) mass is 310 g/mol. The lowest BCUT2D eigenvalue weighted by Crippen LogP contribution is -2.24. The molecule has 0 spiro atoms. The Balaban J connectivity index is 2.78. The van der Waals surface area contributed by atoms with Crippen LogP contribution >= 0.6 is 15.9 Å². The van der Waals surface area contributed by atoms with Gasteiger partial charge in [-0.15, -0.1) is 0 Å². The zero-order chi connectivity index (χ0) is 13.5. The van der Waals surface area contributed by atoms with Crippen molar-refractivity contribution in [3.05, 3.63) is 33.8 Å². The Hall–Kier alpha value is -1.38. The third kappa shape index (κ3) is 4.13. The number of nitrogens with zero attached hydrogens (tertiary/aromatic N) is 2. The molecule has 0 aromatic heterocycles. The van der Waals surface area contributed by atoms with Gasteiger partial charge in [0.15, 0.2) is 0 Å². The third-order valence-electron chi connectivity index (χ3n) is 2.68. The number of nitriles is 1. The largest absolute Gasteiger partial charge is 0.478 e. The van der Waals surface area contributed by atoms with Crippen molar-refractivity contribution in [2.75, 3.05) is 13.1 Å². The van der Waals surface area contributed by atoms with Crippen LogP contribution < -0.4 is 0 Å². The third-order valence-corrected chi connectivity index (χ3v) is 3.42. The highest BCUT2D eigenvalue weighted by Gasteiger charge is 2.09. The molecule has 0 bridgehead atoms. The number of carboxylic acids is 1. The Kier molecular flexibility index (Phi) is 5.83. The Morgan fingerprint density at radius 2 is 2.28 bits per heavy atom. The summed E-state index contributed by atoms with van der Waals surface area (Å²) >= 11 is 3.39. The first-order valence-electron chi connectivity index (χ1n) is 5.69. The summed E-state index contributed by atoms with van der Waals surface area (Å²) in [7, 11) is 0. The number of halogens is 1. The fourth-order valence-electron chi connectivity index (χ4n) is 1.61. The average molecular weight is 311 g/mol. The van der Waals surface area contributed by atoms with Crippen molar-refractivity contribution in [1.29, 1.82) is 5.26 Å². The van der Waals surface area contributed by atoms with E-state index >= 15 is 0 Å². The SMILES string of the molecule is CCN(CCC#N)Cc1ccc(C(=O)O)cc1Br.